The molecule has 1 aliphatic carbocycles. The van der Waals surface area contributed by atoms with E-state index in [0.717, 1.165) is 24.4 Å². The minimum atomic E-state index is -0.362. The summed E-state index contributed by atoms with van der Waals surface area (Å²) in [6.07, 6.45) is 5.18. The maximum absolute atomic E-state index is 10.5. The van der Waals surface area contributed by atoms with Crippen molar-refractivity contribution in [1.29, 1.82) is 0 Å². The lowest BCUT2D eigenvalue weighted by Gasteiger charge is -2.16. The molecular formula is C14H20N2O2. The van der Waals surface area contributed by atoms with Crippen molar-refractivity contribution < 1.29 is 4.92 Å². The Balaban J connectivity index is 1.82. The summed E-state index contributed by atoms with van der Waals surface area (Å²) in [4.78, 5) is 10.2. The fourth-order valence-corrected chi connectivity index (χ4v) is 2.15. The molecular weight excluding hydrogens is 228 g/mol. The van der Waals surface area contributed by atoms with E-state index in [4.69, 9.17) is 0 Å². The van der Waals surface area contributed by atoms with Gasteiger partial charge in [0.25, 0.3) is 5.69 Å². The number of benzene rings is 1. The first kappa shape index (κ1) is 13.0. The Kier molecular flexibility index (Phi) is 4.31. The highest BCUT2D eigenvalue weighted by Crippen LogP contribution is 2.34. The summed E-state index contributed by atoms with van der Waals surface area (Å²) in [7, 11) is 0. The second-order valence-corrected chi connectivity index (χ2v) is 5.09. The highest BCUT2D eigenvalue weighted by molar-refractivity contribution is 5.32. The van der Waals surface area contributed by atoms with Gasteiger partial charge in [-0.15, -0.1) is 0 Å². The van der Waals surface area contributed by atoms with E-state index in [9.17, 15) is 10.1 Å². The molecule has 0 spiro atoms. The lowest BCUT2D eigenvalue weighted by Crippen LogP contribution is -2.28. The number of rotatable bonds is 7. The van der Waals surface area contributed by atoms with Crippen molar-refractivity contribution in [2.75, 3.05) is 0 Å². The maximum Gasteiger partial charge on any atom is 0.269 e. The van der Waals surface area contributed by atoms with E-state index < -0.39 is 0 Å². The van der Waals surface area contributed by atoms with Crippen LogP contribution in [0.2, 0.25) is 0 Å². The Bertz CT molecular complexity index is 399. The molecule has 0 aromatic heterocycles. The summed E-state index contributed by atoms with van der Waals surface area (Å²) in [5, 5.41) is 14.1. The first-order valence-electron chi connectivity index (χ1n) is 6.65. The first-order valence-corrected chi connectivity index (χ1v) is 6.65. The van der Waals surface area contributed by atoms with Crippen molar-refractivity contribution >= 4 is 5.69 Å². The molecule has 1 aromatic rings. The van der Waals surface area contributed by atoms with Gasteiger partial charge in [-0.25, -0.2) is 0 Å². The van der Waals surface area contributed by atoms with Crippen molar-refractivity contribution in [2.24, 2.45) is 5.92 Å². The van der Waals surface area contributed by atoms with Crippen molar-refractivity contribution in [3.8, 4) is 0 Å². The molecule has 0 radical (unpaired) electrons. The van der Waals surface area contributed by atoms with Gasteiger partial charge < -0.3 is 5.32 Å². The van der Waals surface area contributed by atoms with Gasteiger partial charge in [0.15, 0.2) is 0 Å². The second kappa shape index (κ2) is 5.96. The maximum atomic E-state index is 10.5. The summed E-state index contributed by atoms with van der Waals surface area (Å²) in [5.41, 5.74) is 1.26. The predicted octanol–water partition coefficient (Wildman–Crippen LogP) is 3.26. The molecule has 2 rings (SSSR count). The summed E-state index contributed by atoms with van der Waals surface area (Å²) in [5.74, 6) is 0.930. The molecule has 0 amide bonds. The van der Waals surface area contributed by atoms with E-state index in [-0.39, 0.29) is 10.6 Å². The van der Waals surface area contributed by atoms with Crippen LogP contribution in [0.1, 0.15) is 38.2 Å². The van der Waals surface area contributed by atoms with E-state index in [2.05, 4.69) is 12.2 Å². The van der Waals surface area contributed by atoms with Crippen LogP contribution in [0.4, 0.5) is 5.69 Å². The van der Waals surface area contributed by atoms with E-state index >= 15 is 0 Å². The predicted molar refractivity (Wildman–Crippen MR) is 71.4 cm³/mol. The number of hydrogen-bond donors (Lipinski definition) is 1. The quantitative estimate of drug-likeness (QED) is 0.595. The van der Waals surface area contributed by atoms with Gasteiger partial charge >= 0.3 is 0 Å². The molecule has 1 unspecified atom stereocenters. The van der Waals surface area contributed by atoms with Gasteiger partial charge in [0, 0.05) is 24.7 Å². The molecule has 18 heavy (non-hydrogen) atoms. The zero-order chi connectivity index (χ0) is 13.0. The van der Waals surface area contributed by atoms with Gasteiger partial charge in [0.05, 0.1) is 4.92 Å². The molecule has 1 N–H and O–H groups in total. The largest absolute Gasteiger partial charge is 0.310 e. The Morgan fingerprint density at radius 1 is 1.39 bits per heavy atom. The van der Waals surface area contributed by atoms with Crippen LogP contribution in [0.5, 0.6) is 0 Å². The smallest absolute Gasteiger partial charge is 0.269 e. The molecule has 1 fully saturated rings. The van der Waals surface area contributed by atoms with Crippen molar-refractivity contribution in [3.05, 3.63) is 39.9 Å². The lowest BCUT2D eigenvalue weighted by atomic mass is 10.1. The van der Waals surface area contributed by atoms with Crippen LogP contribution in [-0.4, -0.2) is 11.0 Å². The summed E-state index contributed by atoms with van der Waals surface area (Å²) in [6.45, 7) is 3.00. The first-order chi connectivity index (χ1) is 8.69. The zero-order valence-corrected chi connectivity index (χ0v) is 10.8. The van der Waals surface area contributed by atoms with Crippen molar-refractivity contribution in [3.63, 3.8) is 0 Å². The summed E-state index contributed by atoms with van der Waals surface area (Å²) in [6, 6.07) is 7.37. The molecule has 1 saturated carbocycles. The van der Waals surface area contributed by atoms with E-state index in [1.807, 2.05) is 12.1 Å². The summed E-state index contributed by atoms with van der Waals surface area (Å²) >= 11 is 0. The topological polar surface area (TPSA) is 55.2 Å². The van der Waals surface area contributed by atoms with Crippen LogP contribution in [0.3, 0.4) is 0 Å². The Hall–Kier alpha value is -1.42. The van der Waals surface area contributed by atoms with E-state index in [1.165, 1.54) is 19.3 Å². The lowest BCUT2D eigenvalue weighted by molar-refractivity contribution is -0.384. The van der Waals surface area contributed by atoms with Gasteiger partial charge in [-0.3, -0.25) is 10.1 Å². The van der Waals surface area contributed by atoms with E-state index in [0.29, 0.717) is 6.04 Å². The number of nitrogens with one attached hydrogen (secondary N) is 1. The number of non-ortho nitro benzene ring substituents is 1. The molecule has 1 aromatic carbocycles. The molecule has 0 saturated heterocycles. The average molecular weight is 248 g/mol. The van der Waals surface area contributed by atoms with Gasteiger partial charge in [-0.1, -0.05) is 31.9 Å². The Labute approximate surface area is 108 Å². The highest BCUT2D eigenvalue weighted by atomic mass is 16.6. The zero-order valence-electron chi connectivity index (χ0n) is 10.8. The third kappa shape index (κ3) is 3.81. The van der Waals surface area contributed by atoms with E-state index in [1.54, 1.807) is 12.1 Å². The molecule has 4 nitrogen and oxygen atoms in total. The van der Waals surface area contributed by atoms with Crippen LogP contribution in [-0.2, 0) is 6.54 Å². The highest BCUT2D eigenvalue weighted by Gasteiger charge is 2.24. The Morgan fingerprint density at radius 2 is 2.06 bits per heavy atom. The van der Waals surface area contributed by atoms with Gasteiger partial charge in [-0.05, 0) is 24.3 Å². The fraction of sp³-hybridized carbons (Fsp3) is 0.571. The van der Waals surface area contributed by atoms with Gasteiger partial charge in [0.2, 0.25) is 0 Å². The minimum Gasteiger partial charge on any atom is -0.310 e. The Morgan fingerprint density at radius 3 is 2.56 bits per heavy atom. The monoisotopic (exact) mass is 248 g/mol. The normalized spacial score (nSPS) is 16.5. The number of nitro benzene ring substituents is 1. The second-order valence-electron chi connectivity index (χ2n) is 5.09. The van der Waals surface area contributed by atoms with Crippen LogP contribution in [0, 0.1) is 16.0 Å². The standard InChI is InChI=1S/C14H20N2O2/c1-2-13(9-11-3-4-11)15-10-12-5-7-14(8-6-12)16(17)18/h5-8,11,13,15H,2-4,9-10H2,1H3. The average Bonchev–Trinajstić information content (AvgIpc) is 3.18. The van der Waals surface area contributed by atoms with Crippen LogP contribution in [0.15, 0.2) is 24.3 Å². The SMILES string of the molecule is CCC(CC1CC1)NCc1ccc([N+](=O)[O-])cc1. The molecule has 1 aliphatic rings. The van der Waals surface area contributed by atoms with Crippen LogP contribution < -0.4 is 5.32 Å². The number of nitro groups is 1. The third-order valence-corrected chi connectivity index (χ3v) is 3.55. The third-order valence-electron chi connectivity index (χ3n) is 3.55. The van der Waals surface area contributed by atoms with Gasteiger partial charge in [-0.2, -0.15) is 0 Å². The number of nitrogens with zero attached hydrogens (tertiary/aromatic N) is 1. The molecule has 1 atom stereocenters. The van der Waals surface area contributed by atoms with Crippen LogP contribution in [0.25, 0.3) is 0 Å². The molecule has 4 heteroatoms. The molecule has 0 bridgehead atoms. The van der Waals surface area contributed by atoms with Crippen molar-refractivity contribution in [1.82, 2.24) is 5.32 Å². The molecule has 0 aliphatic heterocycles. The van der Waals surface area contributed by atoms with Crippen LogP contribution >= 0.6 is 0 Å². The summed E-state index contributed by atoms with van der Waals surface area (Å²) < 4.78 is 0. The molecule has 0 heterocycles. The molecule has 98 valence electrons. The fourth-order valence-electron chi connectivity index (χ4n) is 2.15. The van der Waals surface area contributed by atoms with Gasteiger partial charge in [0.1, 0.15) is 0 Å². The van der Waals surface area contributed by atoms with Crippen molar-refractivity contribution in [2.45, 2.75) is 45.2 Å². The minimum absolute atomic E-state index is 0.156. The number of hydrogen-bond acceptors (Lipinski definition) is 3.